The quantitative estimate of drug-likeness (QED) is 0.692. The van der Waals surface area contributed by atoms with Gasteiger partial charge in [-0.05, 0) is 43.3 Å². The summed E-state index contributed by atoms with van der Waals surface area (Å²) in [6.07, 6.45) is 0. The number of ether oxygens (including phenoxy) is 1. The lowest BCUT2D eigenvalue weighted by Gasteiger charge is -2.14. The summed E-state index contributed by atoms with van der Waals surface area (Å²) in [6.45, 7) is 1.69. The third-order valence-electron chi connectivity index (χ3n) is 4.10. The van der Waals surface area contributed by atoms with Crippen LogP contribution in [0.2, 0.25) is 0 Å². The van der Waals surface area contributed by atoms with E-state index in [1.807, 2.05) is 6.07 Å². The van der Waals surface area contributed by atoms with Gasteiger partial charge in [0.1, 0.15) is 11.4 Å². The summed E-state index contributed by atoms with van der Waals surface area (Å²) >= 11 is 0. The second kappa shape index (κ2) is 7.74. The van der Waals surface area contributed by atoms with E-state index in [-0.39, 0.29) is 11.7 Å². The molecule has 0 aliphatic rings. The molecule has 0 fully saturated rings. The van der Waals surface area contributed by atoms with Gasteiger partial charge < -0.3 is 19.7 Å². The molecule has 2 N–H and O–H groups in total. The first-order chi connectivity index (χ1) is 13.0. The van der Waals surface area contributed by atoms with Crippen LogP contribution in [0.1, 0.15) is 39.4 Å². The van der Waals surface area contributed by atoms with Crippen molar-refractivity contribution in [3.8, 4) is 17.0 Å². The van der Waals surface area contributed by atoms with Crippen LogP contribution in [-0.4, -0.2) is 29.2 Å². The molecule has 27 heavy (non-hydrogen) atoms. The summed E-state index contributed by atoms with van der Waals surface area (Å²) in [6, 6.07) is 15.0. The first-order valence-electron chi connectivity index (χ1n) is 8.24. The van der Waals surface area contributed by atoms with E-state index in [0.29, 0.717) is 28.1 Å². The van der Waals surface area contributed by atoms with Gasteiger partial charge in [-0.15, -0.1) is 0 Å². The summed E-state index contributed by atoms with van der Waals surface area (Å²) in [5.74, 6) is -1.21. The molecule has 0 saturated carbocycles. The zero-order valence-corrected chi connectivity index (χ0v) is 14.8. The molecule has 3 rings (SSSR count). The van der Waals surface area contributed by atoms with E-state index in [2.05, 4.69) is 10.5 Å². The Bertz CT molecular complexity index is 948. The van der Waals surface area contributed by atoms with Gasteiger partial charge in [-0.2, -0.15) is 0 Å². The molecule has 0 saturated heterocycles. The van der Waals surface area contributed by atoms with E-state index in [9.17, 15) is 14.7 Å². The van der Waals surface area contributed by atoms with Crippen molar-refractivity contribution in [3.63, 3.8) is 0 Å². The maximum atomic E-state index is 12.4. The molecule has 1 unspecified atom stereocenters. The molecule has 3 aromatic rings. The van der Waals surface area contributed by atoms with Crippen LogP contribution in [0.15, 0.2) is 59.1 Å². The molecule has 1 aromatic heterocycles. The largest absolute Gasteiger partial charge is 0.497 e. The molecule has 2 aromatic carbocycles. The molecule has 0 spiro atoms. The van der Waals surface area contributed by atoms with Gasteiger partial charge in [0.15, 0.2) is 0 Å². The van der Waals surface area contributed by atoms with Crippen LogP contribution < -0.4 is 10.1 Å². The van der Waals surface area contributed by atoms with Gasteiger partial charge in [-0.1, -0.05) is 23.4 Å². The fourth-order valence-corrected chi connectivity index (χ4v) is 2.75. The summed E-state index contributed by atoms with van der Waals surface area (Å²) in [5, 5.41) is 16.2. The zero-order chi connectivity index (χ0) is 19.4. The normalized spacial score (nSPS) is 11.6. The van der Waals surface area contributed by atoms with Crippen molar-refractivity contribution >= 4 is 11.9 Å². The van der Waals surface area contributed by atoms with Gasteiger partial charge in [0.05, 0.1) is 18.7 Å². The fourth-order valence-electron chi connectivity index (χ4n) is 2.75. The van der Waals surface area contributed by atoms with E-state index in [0.717, 1.165) is 0 Å². The van der Waals surface area contributed by atoms with E-state index < -0.39 is 12.0 Å². The number of carbonyl (C=O) groups excluding carboxylic acids is 1. The number of benzene rings is 2. The minimum absolute atomic E-state index is 0.303. The maximum Gasteiger partial charge on any atom is 0.375 e. The average Bonchev–Trinajstić information content (AvgIpc) is 3.14. The number of hydrogen-bond donors (Lipinski definition) is 2. The molecule has 7 nitrogen and oxygen atoms in total. The number of methoxy groups -OCH3 is 1. The van der Waals surface area contributed by atoms with Crippen molar-refractivity contribution in [2.24, 2.45) is 0 Å². The Morgan fingerprint density at radius 1 is 1.11 bits per heavy atom. The molecular formula is C20H18N2O5. The lowest BCUT2D eigenvalue weighted by Crippen LogP contribution is -2.27. The number of amides is 1. The molecule has 0 bridgehead atoms. The van der Waals surface area contributed by atoms with Gasteiger partial charge in [0, 0.05) is 11.1 Å². The van der Waals surface area contributed by atoms with E-state index in [1.54, 1.807) is 62.6 Å². The average molecular weight is 366 g/mol. The van der Waals surface area contributed by atoms with Gasteiger partial charge in [-0.25, -0.2) is 4.79 Å². The number of rotatable bonds is 6. The third kappa shape index (κ3) is 3.82. The predicted molar refractivity (Wildman–Crippen MR) is 97.8 cm³/mol. The van der Waals surface area contributed by atoms with Crippen LogP contribution in [0, 0.1) is 0 Å². The fraction of sp³-hybridized carbons (Fsp3) is 0.150. The Hall–Kier alpha value is -3.61. The third-order valence-corrected chi connectivity index (χ3v) is 4.10. The first-order valence-corrected chi connectivity index (χ1v) is 8.24. The van der Waals surface area contributed by atoms with Gasteiger partial charge >= 0.3 is 5.97 Å². The Morgan fingerprint density at radius 3 is 2.37 bits per heavy atom. The summed E-state index contributed by atoms with van der Waals surface area (Å²) in [5.41, 5.74) is 1.79. The molecule has 138 valence electrons. The van der Waals surface area contributed by atoms with Gasteiger partial charge in [-0.3, -0.25) is 4.79 Å². The number of nitrogens with one attached hydrogen (secondary N) is 1. The second-order valence-electron chi connectivity index (χ2n) is 5.87. The molecule has 1 amide bonds. The summed E-state index contributed by atoms with van der Waals surface area (Å²) < 4.78 is 10.2. The monoisotopic (exact) mass is 366 g/mol. The van der Waals surface area contributed by atoms with E-state index in [4.69, 9.17) is 9.26 Å². The van der Waals surface area contributed by atoms with Gasteiger partial charge in [0.25, 0.3) is 5.91 Å². The molecule has 7 heteroatoms. The molecule has 0 aliphatic heterocycles. The minimum Gasteiger partial charge on any atom is -0.497 e. The van der Waals surface area contributed by atoms with Crippen LogP contribution in [0.4, 0.5) is 0 Å². The number of carboxylic acid groups (broad SMARTS) is 1. The van der Waals surface area contributed by atoms with Crippen molar-refractivity contribution in [2.75, 3.05) is 7.11 Å². The van der Waals surface area contributed by atoms with E-state index in [1.165, 1.54) is 0 Å². The highest BCUT2D eigenvalue weighted by Gasteiger charge is 2.28. The second-order valence-corrected chi connectivity index (χ2v) is 5.87. The lowest BCUT2D eigenvalue weighted by atomic mass is 10.00. The van der Waals surface area contributed by atoms with Crippen molar-refractivity contribution < 1.29 is 24.0 Å². The standard InChI is InChI=1S/C20H18N2O5/c1-12(21-19(23)14-6-4-3-5-7-14)16-17(22-27-18(16)20(24)25)13-8-10-15(26-2)11-9-13/h3-12H,1-2H3,(H,21,23)(H,24,25). The molecular weight excluding hydrogens is 348 g/mol. The molecule has 0 radical (unpaired) electrons. The number of aromatic nitrogens is 1. The Labute approximate surface area is 155 Å². The molecule has 1 atom stereocenters. The van der Waals surface area contributed by atoms with Crippen molar-refractivity contribution in [3.05, 3.63) is 71.5 Å². The Morgan fingerprint density at radius 2 is 1.78 bits per heavy atom. The van der Waals surface area contributed by atoms with Crippen molar-refractivity contribution in [2.45, 2.75) is 13.0 Å². The van der Waals surface area contributed by atoms with Gasteiger partial charge in [0.2, 0.25) is 5.76 Å². The lowest BCUT2D eigenvalue weighted by molar-refractivity contribution is 0.0648. The zero-order valence-electron chi connectivity index (χ0n) is 14.8. The van der Waals surface area contributed by atoms with Crippen molar-refractivity contribution in [1.29, 1.82) is 0 Å². The smallest absolute Gasteiger partial charge is 0.375 e. The maximum absolute atomic E-state index is 12.4. The highest BCUT2D eigenvalue weighted by atomic mass is 16.5. The number of carboxylic acids is 1. The van der Waals surface area contributed by atoms with E-state index >= 15 is 0 Å². The van der Waals surface area contributed by atoms with Crippen molar-refractivity contribution in [1.82, 2.24) is 10.5 Å². The number of hydrogen-bond acceptors (Lipinski definition) is 5. The number of aromatic carboxylic acids is 1. The first kappa shape index (κ1) is 18.2. The Kier molecular flexibility index (Phi) is 5.21. The minimum atomic E-state index is -1.25. The summed E-state index contributed by atoms with van der Waals surface area (Å²) in [7, 11) is 1.56. The van der Waals surface area contributed by atoms with Crippen LogP contribution in [-0.2, 0) is 0 Å². The topological polar surface area (TPSA) is 102 Å². The molecule has 1 heterocycles. The van der Waals surface area contributed by atoms with Crippen LogP contribution in [0.5, 0.6) is 5.75 Å². The van der Waals surface area contributed by atoms with Crippen LogP contribution in [0.25, 0.3) is 11.3 Å². The Balaban J connectivity index is 1.95. The number of nitrogens with zero attached hydrogens (tertiary/aromatic N) is 1. The SMILES string of the molecule is COc1ccc(-c2noc(C(=O)O)c2C(C)NC(=O)c2ccccc2)cc1. The molecule has 0 aliphatic carbocycles. The van der Waals surface area contributed by atoms with Crippen LogP contribution in [0.3, 0.4) is 0 Å². The highest BCUT2D eigenvalue weighted by Crippen LogP contribution is 2.31. The van der Waals surface area contributed by atoms with Crippen LogP contribution >= 0.6 is 0 Å². The summed E-state index contributed by atoms with van der Waals surface area (Å²) in [4.78, 5) is 24.0. The predicted octanol–water partition coefficient (Wildman–Crippen LogP) is 3.54. The number of carbonyl (C=O) groups is 2. The highest BCUT2D eigenvalue weighted by molar-refractivity contribution is 5.95.